The molecule has 0 N–H and O–H groups in total. The number of carbonyl (C=O) groups is 1. The third-order valence-corrected chi connectivity index (χ3v) is 4.07. The Bertz CT molecular complexity index is 549. The molecule has 23 heavy (non-hydrogen) atoms. The van der Waals surface area contributed by atoms with E-state index in [9.17, 15) is 4.79 Å². The molecule has 1 heterocycles. The SMILES string of the molecule is C/C=C/c1ccc(OCC(=O)N2CCN(CC)CC2)c(OC)c1. The third-order valence-electron chi connectivity index (χ3n) is 4.07. The number of ether oxygens (including phenoxy) is 2. The summed E-state index contributed by atoms with van der Waals surface area (Å²) in [4.78, 5) is 16.5. The first-order chi connectivity index (χ1) is 11.2. The summed E-state index contributed by atoms with van der Waals surface area (Å²) in [6, 6.07) is 5.69. The molecule has 0 aromatic heterocycles. The summed E-state index contributed by atoms with van der Waals surface area (Å²) in [6.45, 7) is 8.60. The second-order valence-corrected chi connectivity index (χ2v) is 5.51. The van der Waals surface area contributed by atoms with Crippen LogP contribution in [0.25, 0.3) is 6.08 Å². The molecule has 1 aliphatic rings. The van der Waals surface area contributed by atoms with Crippen LogP contribution >= 0.6 is 0 Å². The standard InChI is InChI=1S/C18H26N2O3/c1-4-6-15-7-8-16(17(13-15)22-3)23-14-18(21)20-11-9-19(5-2)10-12-20/h4,6-8,13H,5,9-12,14H2,1-3H3/b6-4+. The quantitative estimate of drug-likeness (QED) is 0.807. The lowest BCUT2D eigenvalue weighted by molar-refractivity contribution is -0.135. The zero-order valence-corrected chi connectivity index (χ0v) is 14.2. The van der Waals surface area contributed by atoms with Crippen molar-refractivity contribution < 1.29 is 14.3 Å². The molecule has 1 fully saturated rings. The number of hydrogen-bond acceptors (Lipinski definition) is 4. The van der Waals surface area contributed by atoms with Gasteiger partial charge in [0, 0.05) is 26.2 Å². The normalized spacial score (nSPS) is 15.9. The lowest BCUT2D eigenvalue weighted by Crippen LogP contribution is -2.49. The molecule has 5 nitrogen and oxygen atoms in total. The zero-order valence-electron chi connectivity index (χ0n) is 14.2. The van der Waals surface area contributed by atoms with E-state index in [2.05, 4.69) is 11.8 Å². The van der Waals surface area contributed by atoms with Gasteiger partial charge in [0.05, 0.1) is 7.11 Å². The molecule has 2 rings (SSSR count). The highest BCUT2D eigenvalue weighted by molar-refractivity contribution is 5.78. The number of likely N-dealkylation sites (N-methyl/N-ethyl adjacent to an activating group) is 1. The van der Waals surface area contributed by atoms with E-state index in [0.29, 0.717) is 11.5 Å². The first-order valence-corrected chi connectivity index (χ1v) is 8.11. The fourth-order valence-electron chi connectivity index (χ4n) is 2.64. The molecule has 1 saturated heterocycles. The molecule has 0 spiro atoms. The largest absolute Gasteiger partial charge is 0.493 e. The molecular weight excluding hydrogens is 292 g/mol. The van der Waals surface area contributed by atoms with Crippen LogP contribution in [0.2, 0.25) is 0 Å². The number of amides is 1. The molecule has 1 amide bonds. The molecule has 0 unspecified atom stereocenters. The summed E-state index contributed by atoms with van der Waals surface area (Å²) < 4.78 is 11.0. The molecule has 0 bridgehead atoms. The second-order valence-electron chi connectivity index (χ2n) is 5.51. The van der Waals surface area contributed by atoms with Gasteiger partial charge in [-0.1, -0.05) is 25.1 Å². The van der Waals surface area contributed by atoms with E-state index < -0.39 is 0 Å². The first-order valence-electron chi connectivity index (χ1n) is 8.11. The third kappa shape index (κ3) is 4.73. The van der Waals surface area contributed by atoms with Crippen LogP contribution in [0.3, 0.4) is 0 Å². The maximum absolute atomic E-state index is 12.3. The van der Waals surface area contributed by atoms with Gasteiger partial charge in [-0.15, -0.1) is 0 Å². The molecular formula is C18H26N2O3. The maximum Gasteiger partial charge on any atom is 0.260 e. The fraction of sp³-hybridized carbons (Fsp3) is 0.500. The topological polar surface area (TPSA) is 42.0 Å². The van der Waals surface area contributed by atoms with E-state index in [1.165, 1.54) is 0 Å². The van der Waals surface area contributed by atoms with Crippen LogP contribution in [0.4, 0.5) is 0 Å². The van der Waals surface area contributed by atoms with Crippen molar-refractivity contribution in [1.82, 2.24) is 9.80 Å². The number of hydrogen-bond donors (Lipinski definition) is 0. The Labute approximate surface area is 138 Å². The van der Waals surface area contributed by atoms with E-state index in [1.54, 1.807) is 7.11 Å². The molecule has 0 saturated carbocycles. The van der Waals surface area contributed by atoms with Gasteiger partial charge in [-0.3, -0.25) is 4.79 Å². The van der Waals surface area contributed by atoms with Crippen molar-refractivity contribution in [3.8, 4) is 11.5 Å². The Morgan fingerprint density at radius 2 is 1.96 bits per heavy atom. The van der Waals surface area contributed by atoms with Crippen LogP contribution in [0.5, 0.6) is 11.5 Å². The molecule has 1 aliphatic heterocycles. The maximum atomic E-state index is 12.3. The Hall–Kier alpha value is -2.01. The van der Waals surface area contributed by atoms with E-state index in [-0.39, 0.29) is 12.5 Å². The number of carbonyl (C=O) groups excluding carboxylic acids is 1. The fourth-order valence-corrected chi connectivity index (χ4v) is 2.64. The Kier molecular flexibility index (Phi) is 6.47. The number of piperazine rings is 1. The molecule has 1 aromatic rings. The second kappa shape index (κ2) is 8.58. The number of nitrogens with zero attached hydrogens (tertiary/aromatic N) is 2. The molecule has 5 heteroatoms. The minimum absolute atomic E-state index is 0.0281. The Balaban J connectivity index is 1.91. The highest BCUT2D eigenvalue weighted by Gasteiger charge is 2.20. The van der Waals surface area contributed by atoms with Crippen LogP contribution in [0, 0.1) is 0 Å². The highest BCUT2D eigenvalue weighted by atomic mass is 16.5. The van der Waals surface area contributed by atoms with Gasteiger partial charge in [0.15, 0.2) is 18.1 Å². The van der Waals surface area contributed by atoms with Crippen LogP contribution in [-0.4, -0.2) is 62.1 Å². The molecule has 0 atom stereocenters. The van der Waals surface area contributed by atoms with Crippen LogP contribution in [-0.2, 0) is 4.79 Å². The van der Waals surface area contributed by atoms with Crippen molar-refractivity contribution >= 4 is 12.0 Å². The summed E-state index contributed by atoms with van der Waals surface area (Å²) in [7, 11) is 1.60. The minimum atomic E-state index is 0.0281. The molecule has 1 aromatic carbocycles. The molecule has 126 valence electrons. The van der Waals surface area contributed by atoms with Gasteiger partial charge in [0.2, 0.25) is 0 Å². The van der Waals surface area contributed by atoms with Crippen LogP contribution < -0.4 is 9.47 Å². The summed E-state index contributed by atoms with van der Waals surface area (Å²) >= 11 is 0. The Morgan fingerprint density at radius 1 is 1.22 bits per heavy atom. The van der Waals surface area contributed by atoms with E-state index in [1.807, 2.05) is 42.2 Å². The van der Waals surface area contributed by atoms with Crippen LogP contribution in [0.1, 0.15) is 19.4 Å². The van der Waals surface area contributed by atoms with Crippen molar-refractivity contribution in [3.05, 3.63) is 29.8 Å². The van der Waals surface area contributed by atoms with Crippen LogP contribution in [0.15, 0.2) is 24.3 Å². The minimum Gasteiger partial charge on any atom is -0.493 e. The average Bonchev–Trinajstić information content (AvgIpc) is 2.60. The number of methoxy groups -OCH3 is 1. The summed E-state index contributed by atoms with van der Waals surface area (Å²) in [5.41, 5.74) is 1.04. The van der Waals surface area contributed by atoms with Crippen molar-refractivity contribution in [2.45, 2.75) is 13.8 Å². The average molecular weight is 318 g/mol. The number of benzene rings is 1. The lowest BCUT2D eigenvalue weighted by atomic mass is 10.2. The predicted molar refractivity (Wildman–Crippen MR) is 91.9 cm³/mol. The molecule has 0 aliphatic carbocycles. The van der Waals surface area contributed by atoms with Gasteiger partial charge in [0.1, 0.15) is 0 Å². The van der Waals surface area contributed by atoms with Crippen molar-refractivity contribution in [2.24, 2.45) is 0 Å². The van der Waals surface area contributed by atoms with Gasteiger partial charge < -0.3 is 19.3 Å². The summed E-state index contributed by atoms with van der Waals surface area (Å²) in [5, 5.41) is 0. The van der Waals surface area contributed by atoms with Gasteiger partial charge in [-0.05, 0) is 31.2 Å². The van der Waals surface area contributed by atoms with E-state index in [4.69, 9.17) is 9.47 Å². The first kappa shape index (κ1) is 17.3. The summed E-state index contributed by atoms with van der Waals surface area (Å²) in [6.07, 6.45) is 3.96. The number of rotatable bonds is 6. The lowest BCUT2D eigenvalue weighted by Gasteiger charge is -2.34. The van der Waals surface area contributed by atoms with Gasteiger partial charge in [-0.25, -0.2) is 0 Å². The Morgan fingerprint density at radius 3 is 2.57 bits per heavy atom. The molecule has 0 radical (unpaired) electrons. The van der Waals surface area contributed by atoms with Gasteiger partial charge in [0.25, 0.3) is 5.91 Å². The van der Waals surface area contributed by atoms with Crippen molar-refractivity contribution in [3.63, 3.8) is 0 Å². The van der Waals surface area contributed by atoms with Crippen molar-refractivity contribution in [2.75, 3.05) is 46.4 Å². The van der Waals surface area contributed by atoms with Gasteiger partial charge in [-0.2, -0.15) is 0 Å². The zero-order chi connectivity index (χ0) is 16.7. The van der Waals surface area contributed by atoms with Gasteiger partial charge >= 0.3 is 0 Å². The smallest absolute Gasteiger partial charge is 0.260 e. The summed E-state index contributed by atoms with van der Waals surface area (Å²) in [5.74, 6) is 1.27. The monoisotopic (exact) mass is 318 g/mol. The van der Waals surface area contributed by atoms with E-state index in [0.717, 1.165) is 38.3 Å². The van der Waals surface area contributed by atoms with Crippen molar-refractivity contribution in [1.29, 1.82) is 0 Å². The number of allylic oxidation sites excluding steroid dienone is 1. The predicted octanol–water partition coefficient (Wildman–Crippen LogP) is 2.27. The highest BCUT2D eigenvalue weighted by Crippen LogP contribution is 2.28. The van der Waals surface area contributed by atoms with E-state index >= 15 is 0 Å².